The van der Waals surface area contributed by atoms with Crippen LogP contribution in [0.25, 0.3) is 10.4 Å². The van der Waals surface area contributed by atoms with Crippen LogP contribution in [0.5, 0.6) is 0 Å². The molecule has 4 heterocycles. The average molecular weight is 470 g/mol. The molecule has 1 aromatic carbocycles. The van der Waals surface area contributed by atoms with Crippen LogP contribution in [-0.2, 0) is 0 Å². The van der Waals surface area contributed by atoms with Crippen molar-refractivity contribution >= 4 is 23.2 Å². The number of amides is 2. The second-order valence-electron chi connectivity index (χ2n) is 9.64. The maximum Gasteiger partial charge on any atom is 0.263 e. The third-order valence-corrected chi connectivity index (χ3v) is 8.59. The van der Waals surface area contributed by atoms with Crippen molar-refractivity contribution in [3.05, 3.63) is 46.6 Å². The van der Waals surface area contributed by atoms with Gasteiger partial charge in [0.1, 0.15) is 5.82 Å². The Morgan fingerprint density at radius 1 is 0.970 bits per heavy atom. The van der Waals surface area contributed by atoms with Gasteiger partial charge in [-0.3, -0.25) is 14.5 Å². The summed E-state index contributed by atoms with van der Waals surface area (Å²) in [6.45, 7) is 6.54. The van der Waals surface area contributed by atoms with Crippen LogP contribution in [0, 0.1) is 5.82 Å². The molecule has 1 aromatic heterocycles. The van der Waals surface area contributed by atoms with E-state index >= 15 is 4.39 Å². The van der Waals surface area contributed by atoms with Gasteiger partial charge in [0.2, 0.25) is 0 Å². The molecule has 2 atom stereocenters. The summed E-state index contributed by atoms with van der Waals surface area (Å²) < 4.78 is 15.1. The Bertz CT molecular complexity index is 1030. The summed E-state index contributed by atoms with van der Waals surface area (Å²) in [5.74, 6) is -0.633. The van der Waals surface area contributed by atoms with Crippen LogP contribution in [-0.4, -0.2) is 71.3 Å². The molecular weight excluding hydrogens is 437 g/mol. The molecule has 0 saturated carbocycles. The van der Waals surface area contributed by atoms with E-state index in [-0.39, 0.29) is 23.4 Å². The maximum atomic E-state index is 15.1. The Kier molecular flexibility index (Phi) is 6.52. The summed E-state index contributed by atoms with van der Waals surface area (Å²) >= 11 is 1.39. The Morgan fingerprint density at radius 3 is 2.48 bits per heavy atom. The largest absolute Gasteiger partial charge is 0.338 e. The van der Waals surface area contributed by atoms with Crippen LogP contribution >= 0.6 is 11.3 Å². The lowest BCUT2D eigenvalue weighted by atomic mass is 10.1. The van der Waals surface area contributed by atoms with E-state index in [1.807, 2.05) is 21.9 Å². The Balaban J connectivity index is 1.29. The fourth-order valence-corrected chi connectivity index (χ4v) is 6.48. The van der Waals surface area contributed by atoms with Crippen molar-refractivity contribution in [2.75, 3.05) is 32.7 Å². The van der Waals surface area contributed by atoms with Gasteiger partial charge in [-0.25, -0.2) is 4.39 Å². The molecule has 3 aliphatic heterocycles. The van der Waals surface area contributed by atoms with Crippen molar-refractivity contribution in [3.63, 3.8) is 0 Å². The number of benzene rings is 1. The van der Waals surface area contributed by atoms with Crippen molar-refractivity contribution in [2.45, 2.75) is 57.5 Å². The van der Waals surface area contributed by atoms with Crippen LogP contribution in [0.2, 0.25) is 0 Å². The molecule has 2 aromatic rings. The number of carbonyl (C=O) groups is 2. The van der Waals surface area contributed by atoms with Crippen LogP contribution < -0.4 is 0 Å². The molecule has 7 heteroatoms. The fraction of sp³-hybridized carbons (Fsp3) is 0.538. The number of hydrogen-bond acceptors (Lipinski definition) is 4. The molecule has 5 rings (SSSR count). The number of likely N-dealkylation sites (tertiary alicyclic amines) is 3. The van der Waals surface area contributed by atoms with Gasteiger partial charge in [0.15, 0.2) is 0 Å². The number of rotatable bonds is 5. The normalized spacial score (nSPS) is 23.6. The summed E-state index contributed by atoms with van der Waals surface area (Å²) in [4.78, 5) is 33.6. The molecule has 0 spiro atoms. The highest BCUT2D eigenvalue weighted by molar-refractivity contribution is 7.17. The highest BCUT2D eigenvalue weighted by atomic mass is 32.1. The van der Waals surface area contributed by atoms with Crippen LogP contribution in [0.1, 0.15) is 65.5 Å². The monoisotopic (exact) mass is 469 g/mol. The topological polar surface area (TPSA) is 43.9 Å². The fourth-order valence-electron chi connectivity index (χ4n) is 5.51. The molecule has 3 aliphatic rings. The molecule has 176 valence electrons. The summed E-state index contributed by atoms with van der Waals surface area (Å²) in [7, 11) is 0. The van der Waals surface area contributed by atoms with Gasteiger partial charge >= 0.3 is 0 Å². The lowest BCUT2D eigenvalue weighted by Crippen LogP contribution is -2.44. The van der Waals surface area contributed by atoms with Crippen LogP contribution in [0.15, 0.2) is 30.3 Å². The molecule has 33 heavy (non-hydrogen) atoms. The van der Waals surface area contributed by atoms with E-state index in [1.54, 1.807) is 12.1 Å². The molecular formula is C26H32FN3O2S. The minimum atomic E-state index is -0.487. The number of carbonyl (C=O) groups excluding carboxylic acids is 2. The Labute approximate surface area is 199 Å². The number of hydrogen-bond donors (Lipinski definition) is 0. The molecule has 0 aliphatic carbocycles. The van der Waals surface area contributed by atoms with Gasteiger partial charge in [-0.05, 0) is 81.8 Å². The Morgan fingerprint density at radius 2 is 1.76 bits per heavy atom. The SMILES string of the molecule is CC1CCCN1CC1CCCN1C(=O)c1ccc(-c2ccc(C(=O)N3CCCC3)s2)cc1F. The maximum absolute atomic E-state index is 15.1. The van der Waals surface area contributed by atoms with Gasteiger partial charge in [0.05, 0.1) is 10.4 Å². The highest BCUT2D eigenvalue weighted by Gasteiger charge is 2.34. The van der Waals surface area contributed by atoms with E-state index in [0.717, 1.165) is 56.7 Å². The third kappa shape index (κ3) is 4.58. The lowest BCUT2D eigenvalue weighted by Gasteiger charge is -2.31. The van der Waals surface area contributed by atoms with Crippen molar-refractivity contribution < 1.29 is 14.0 Å². The third-order valence-electron chi connectivity index (χ3n) is 7.47. The zero-order valence-corrected chi connectivity index (χ0v) is 20.1. The number of halogens is 1. The summed E-state index contributed by atoms with van der Waals surface area (Å²) in [6.07, 6.45) is 6.50. The predicted octanol–water partition coefficient (Wildman–Crippen LogP) is 4.88. The van der Waals surface area contributed by atoms with Crippen LogP contribution in [0.4, 0.5) is 4.39 Å². The van der Waals surface area contributed by atoms with Gasteiger partial charge in [-0.15, -0.1) is 11.3 Å². The first-order valence-electron chi connectivity index (χ1n) is 12.3. The second kappa shape index (κ2) is 9.55. The van der Waals surface area contributed by atoms with E-state index in [1.165, 1.54) is 30.2 Å². The van der Waals surface area contributed by atoms with Crippen molar-refractivity contribution in [1.29, 1.82) is 0 Å². The predicted molar refractivity (Wildman–Crippen MR) is 129 cm³/mol. The lowest BCUT2D eigenvalue weighted by molar-refractivity contribution is 0.0691. The van der Waals surface area contributed by atoms with Gasteiger partial charge in [0.25, 0.3) is 11.8 Å². The highest BCUT2D eigenvalue weighted by Crippen LogP contribution is 2.32. The van der Waals surface area contributed by atoms with Gasteiger partial charge < -0.3 is 9.80 Å². The molecule has 0 bridgehead atoms. The first-order valence-corrected chi connectivity index (χ1v) is 13.1. The molecule has 3 fully saturated rings. The van der Waals surface area contributed by atoms with Gasteiger partial charge in [-0.2, -0.15) is 0 Å². The number of thiophene rings is 1. The van der Waals surface area contributed by atoms with Crippen molar-refractivity contribution in [2.24, 2.45) is 0 Å². The van der Waals surface area contributed by atoms with Crippen molar-refractivity contribution in [3.8, 4) is 10.4 Å². The summed E-state index contributed by atoms with van der Waals surface area (Å²) in [6, 6.07) is 9.28. The molecule has 0 N–H and O–H groups in total. The van der Waals surface area contributed by atoms with E-state index in [2.05, 4.69) is 11.8 Å². The van der Waals surface area contributed by atoms with E-state index in [0.29, 0.717) is 23.0 Å². The molecule has 2 unspecified atom stereocenters. The number of nitrogens with zero attached hydrogens (tertiary/aromatic N) is 3. The minimum Gasteiger partial charge on any atom is -0.338 e. The molecule has 2 amide bonds. The first kappa shape index (κ1) is 22.5. The minimum absolute atomic E-state index is 0.0587. The smallest absolute Gasteiger partial charge is 0.263 e. The van der Waals surface area contributed by atoms with Crippen molar-refractivity contribution in [1.82, 2.24) is 14.7 Å². The summed E-state index contributed by atoms with van der Waals surface area (Å²) in [5.41, 5.74) is 0.850. The van der Waals surface area contributed by atoms with E-state index in [4.69, 9.17) is 0 Å². The zero-order valence-electron chi connectivity index (χ0n) is 19.3. The quantitative estimate of drug-likeness (QED) is 0.627. The van der Waals surface area contributed by atoms with Gasteiger partial charge in [-0.1, -0.05) is 6.07 Å². The van der Waals surface area contributed by atoms with Gasteiger partial charge in [0, 0.05) is 43.1 Å². The molecule has 0 radical (unpaired) electrons. The van der Waals surface area contributed by atoms with E-state index < -0.39 is 5.82 Å². The summed E-state index contributed by atoms with van der Waals surface area (Å²) in [5, 5.41) is 0. The average Bonchev–Trinajstić information content (AvgIpc) is 3.61. The zero-order chi connectivity index (χ0) is 22.9. The Hall–Kier alpha value is -2.25. The molecule has 5 nitrogen and oxygen atoms in total. The first-order chi connectivity index (χ1) is 16.0. The standard InChI is InChI=1S/C26H32FN3O2S/c1-18-6-4-14-29(18)17-20-7-5-15-30(20)25(31)21-9-8-19(16-22(21)27)23-10-11-24(33-23)26(32)28-12-2-3-13-28/h8-11,16,18,20H,2-7,12-15,17H2,1H3. The van der Waals surface area contributed by atoms with E-state index in [9.17, 15) is 9.59 Å². The second-order valence-corrected chi connectivity index (χ2v) is 10.7. The molecule has 3 saturated heterocycles. The van der Waals surface area contributed by atoms with Crippen LogP contribution in [0.3, 0.4) is 0 Å².